The lowest BCUT2D eigenvalue weighted by Crippen LogP contribution is -2.44. The van der Waals surface area contributed by atoms with Gasteiger partial charge in [0.05, 0.1) is 0 Å². The zero-order valence-electron chi connectivity index (χ0n) is 15.7. The predicted molar refractivity (Wildman–Crippen MR) is 106 cm³/mol. The van der Waals surface area contributed by atoms with Gasteiger partial charge in [0, 0.05) is 23.6 Å². The normalized spacial score (nSPS) is 10.1. The molecule has 0 unspecified atom stereocenters. The van der Waals surface area contributed by atoms with Crippen LogP contribution in [-0.4, -0.2) is 30.9 Å². The Kier molecular flexibility index (Phi) is 7.83. The first-order valence-corrected chi connectivity index (χ1v) is 9.04. The number of amides is 3. The number of carbonyl (C=O) groups excluding carboxylic acids is 3. The molecule has 0 bridgehead atoms. The van der Waals surface area contributed by atoms with E-state index in [1.807, 2.05) is 32.0 Å². The van der Waals surface area contributed by atoms with Crippen molar-refractivity contribution in [3.8, 4) is 5.75 Å². The highest BCUT2D eigenvalue weighted by atomic mass is 35.5. The standard InChI is InChI=1S/C20H22ClN3O4/c1-13-9-14(2)11-17(10-13)28-12-19(26)24-23-18(25)7-8-22-20(27)15-3-5-16(21)6-4-15/h3-6,9-11H,7-8,12H2,1-2H3,(H,22,27)(H,23,25)(H,24,26). The monoisotopic (exact) mass is 403 g/mol. The van der Waals surface area contributed by atoms with E-state index in [0.29, 0.717) is 16.3 Å². The van der Waals surface area contributed by atoms with Gasteiger partial charge in [0.25, 0.3) is 11.8 Å². The van der Waals surface area contributed by atoms with E-state index in [-0.39, 0.29) is 25.5 Å². The van der Waals surface area contributed by atoms with Crippen molar-refractivity contribution in [3.63, 3.8) is 0 Å². The molecule has 0 saturated heterocycles. The van der Waals surface area contributed by atoms with Crippen LogP contribution in [0.1, 0.15) is 27.9 Å². The van der Waals surface area contributed by atoms with E-state index in [1.165, 1.54) is 0 Å². The number of nitrogens with one attached hydrogen (secondary N) is 3. The van der Waals surface area contributed by atoms with Crippen molar-refractivity contribution in [3.05, 3.63) is 64.2 Å². The van der Waals surface area contributed by atoms with Crippen molar-refractivity contribution in [2.24, 2.45) is 0 Å². The van der Waals surface area contributed by atoms with Gasteiger partial charge in [-0.2, -0.15) is 0 Å². The summed E-state index contributed by atoms with van der Waals surface area (Å²) in [5.74, 6) is -0.645. The highest BCUT2D eigenvalue weighted by Crippen LogP contribution is 2.15. The molecule has 2 rings (SSSR count). The molecule has 0 aliphatic carbocycles. The number of hydrogen-bond acceptors (Lipinski definition) is 4. The van der Waals surface area contributed by atoms with Crippen LogP contribution in [-0.2, 0) is 9.59 Å². The van der Waals surface area contributed by atoms with E-state index >= 15 is 0 Å². The van der Waals surface area contributed by atoms with Crippen molar-refractivity contribution in [1.29, 1.82) is 0 Å². The molecule has 0 radical (unpaired) electrons. The second kappa shape index (κ2) is 10.3. The van der Waals surface area contributed by atoms with Crippen molar-refractivity contribution < 1.29 is 19.1 Å². The van der Waals surface area contributed by atoms with Gasteiger partial charge in [-0.3, -0.25) is 25.2 Å². The van der Waals surface area contributed by atoms with E-state index in [1.54, 1.807) is 24.3 Å². The smallest absolute Gasteiger partial charge is 0.276 e. The van der Waals surface area contributed by atoms with Crippen LogP contribution in [0, 0.1) is 13.8 Å². The third-order valence-electron chi connectivity index (χ3n) is 3.65. The maximum absolute atomic E-state index is 11.9. The minimum Gasteiger partial charge on any atom is -0.484 e. The molecule has 0 aliphatic rings. The molecule has 3 amide bonds. The predicted octanol–water partition coefficient (Wildman–Crippen LogP) is 2.30. The van der Waals surface area contributed by atoms with E-state index < -0.39 is 11.8 Å². The fourth-order valence-corrected chi connectivity index (χ4v) is 2.52. The second-order valence-electron chi connectivity index (χ2n) is 6.22. The van der Waals surface area contributed by atoms with Crippen LogP contribution in [0.2, 0.25) is 5.02 Å². The highest BCUT2D eigenvalue weighted by Gasteiger charge is 2.08. The summed E-state index contributed by atoms with van der Waals surface area (Å²) in [5.41, 5.74) is 7.05. The molecule has 148 valence electrons. The Balaban J connectivity index is 1.64. The van der Waals surface area contributed by atoms with Crippen LogP contribution in [0.5, 0.6) is 5.75 Å². The maximum Gasteiger partial charge on any atom is 0.276 e. The molecule has 0 atom stereocenters. The molecule has 0 aromatic heterocycles. The molecule has 0 spiro atoms. The molecule has 0 heterocycles. The Labute approximate surface area is 168 Å². The van der Waals surface area contributed by atoms with Crippen LogP contribution < -0.4 is 20.9 Å². The summed E-state index contributed by atoms with van der Waals surface area (Å²) in [4.78, 5) is 35.4. The Morgan fingerprint density at radius 3 is 2.18 bits per heavy atom. The topological polar surface area (TPSA) is 96.5 Å². The van der Waals surface area contributed by atoms with Crippen LogP contribution in [0.25, 0.3) is 0 Å². The van der Waals surface area contributed by atoms with Crippen molar-refractivity contribution in [2.45, 2.75) is 20.3 Å². The molecule has 8 heteroatoms. The number of aryl methyl sites for hydroxylation is 2. The van der Waals surface area contributed by atoms with Gasteiger partial charge < -0.3 is 10.1 Å². The molecule has 0 aliphatic heterocycles. The summed E-state index contributed by atoms with van der Waals surface area (Å²) in [6, 6.07) is 12.0. The van der Waals surface area contributed by atoms with Gasteiger partial charge in [-0.25, -0.2) is 0 Å². The Hall–Kier alpha value is -3.06. The van der Waals surface area contributed by atoms with Crippen LogP contribution >= 0.6 is 11.6 Å². The lowest BCUT2D eigenvalue weighted by molar-refractivity contribution is -0.129. The van der Waals surface area contributed by atoms with Gasteiger partial charge in [0.1, 0.15) is 5.75 Å². The lowest BCUT2D eigenvalue weighted by Gasteiger charge is -2.10. The van der Waals surface area contributed by atoms with E-state index in [4.69, 9.17) is 16.3 Å². The number of ether oxygens (including phenoxy) is 1. The first-order valence-electron chi connectivity index (χ1n) is 8.66. The summed E-state index contributed by atoms with van der Waals surface area (Å²) in [5, 5.41) is 3.15. The van der Waals surface area contributed by atoms with Crippen LogP contribution in [0.15, 0.2) is 42.5 Å². The Morgan fingerprint density at radius 2 is 1.54 bits per heavy atom. The summed E-state index contributed by atoms with van der Waals surface area (Å²) in [7, 11) is 0. The van der Waals surface area contributed by atoms with Crippen molar-refractivity contribution >= 4 is 29.3 Å². The average Bonchev–Trinajstić information content (AvgIpc) is 2.64. The molecule has 2 aromatic carbocycles. The maximum atomic E-state index is 11.9. The molecular formula is C20H22ClN3O4. The molecule has 2 aromatic rings. The quantitative estimate of drug-likeness (QED) is 0.618. The van der Waals surface area contributed by atoms with Gasteiger partial charge in [0.2, 0.25) is 5.91 Å². The number of carbonyl (C=O) groups is 3. The van der Waals surface area contributed by atoms with Gasteiger partial charge in [-0.15, -0.1) is 0 Å². The number of halogens is 1. The highest BCUT2D eigenvalue weighted by molar-refractivity contribution is 6.30. The second-order valence-corrected chi connectivity index (χ2v) is 6.66. The number of hydrogen-bond donors (Lipinski definition) is 3. The van der Waals surface area contributed by atoms with Crippen molar-refractivity contribution in [2.75, 3.05) is 13.2 Å². The summed E-state index contributed by atoms with van der Waals surface area (Å²) in [6.07, 6.45) is 0.0114. The average molecular weight is 404 g/mol. The lowest BCUT2D eigenvalue weighted by atomic mass is 10.1. The molecular weight excluding hydrogens is 382 g/mol. The first kappa shape index (κ1) is 21.2. The van der Waals surface area contributed by atoms with Gasteiger partial charge in [-0.1, -0.05) is 17.7 Å². The van der Waals surface area contributed by atoms with Gasteiger partial charge in [0.15, 0.2) is 6.61 Å². The zero-order valence-corrected chi connectivity index (χ0v) is 16.4. The third-order valence-corrected chi connectivity index (χ3v) is 3.90. The summed E-state index contributed by atoms with van der Waals surface area (Å²) >= 11 is 5.77. The molecule has 0 fully saturated rings. The van der Waals surface area contributed by atoms with E-state index in [2.05, 4.69) is 16.2 Å². The molecule has 28 heavy (non-hydrogen) atoms. The number of benzene rings is 2. The first-order chi connectivity index (χ1) is 13.3. The largest absolute Gasteiger partial charge is 0.484 e. The number of rotatable bonds is 7. The minimum absolute atomic E-state index is 0.0114. The number of hydrazine groups is 1. The van der Waals surface area contributed by atoms with Gasteiger partial charge >= 0.3 is 0 Å². The van der Waals surface area contributed by atoms with E-state index in [0.717, 1.165) is 11.1 Å². The Bertz CT molecular complexity index is 833. The van der Waals surface area contributed by atoms with Crippen LogP contribution in [0.3, 0.4) is 0 Å². The van der Waals surface area contributed by atoms with Crippen molar-refractivity contribution in [1.82, 2.24) is 16.2 Å². The summed E-state index contributed by atoms with van der Waals surface area (Å²) in [6.45, 7) is 3.77. The molecule has 3 N–H and O–H groups in total. The van der Waals surface area contributed by atoms with Crippen LogP contribution in [0.4, 0.5) is 0 Å². The molecule has 7 nitrogen and oxygen atoms in total. The van der Waals surface area contributed by atoms with Gasteiger partial charge in [-0.05, 0) is 61.4 Å². The fourth-order valence-electron chi connectivity index (χ4n) is 2.40. The SMILES string of the molecule is Cc1cc(C)cc(OCC(=O)NNC(=O)CCNC(=O)c2ccc(Cl)cc2)c1. The Morgan fingerprint density at radius 1 is 0.929 bits per heavy atom. The fraction of sp³-hybridized carbons (Fsp3) is 0.250. The summed E-state index contributed by atoms with van der Waals surface area (Å²) < 4.78 is 5.40. The minimum atomic E-state index is -0.488. The third kappa shape index (κ3) is 7.28. The van der Waals surface area contributed by atoms with E-state index in [9.17, 15) is 14.4 Å². The molecule has 0 saturated carbocycles. The zero-order chi connectivity index (χ0) is 20.5.